The van der Waals surface area contributed by atoms with Gasteiger partial charge in [-0.2, -0.15) is 0 Å². The lowest BCUT2D eigenvalue weighted by molar-refractivity contribution is -0.112. The first-order chi connectivity index (χ1) is 9.85. The Morgan fingerprint density at radius 2 is 2.14 bits per heavy atom. The van der Waals surface area contributed by atoms with Crippen molar-refractivity contribution in [3.8, 4) is 0 Å². The summed E-state index contributed by atoms with van der Waals surface area (Å²) in [4.78, 5) is 18.7. The molecule has 2 heterocycles. The predicted molar refractivity (Wildman–Crippen MR) is 87.4 cm³/mol. The van der Waals surface area contributed by atoms with Gasteiger partial charge in [-0.1, -0.05) is 26.8 Å². The van der Waals surface area contributed by atoms with Crippen molar-refractivity contribution in [2.75, 3.05) is 0 Å². The zero-order chi connectivity index (χ0) is 15.5. The molecule has 0 radical (unpaired) electrons. The summed E-state index contributed by atoms with van der Waals surface area (Å²) in [6.45, 7) is 8.34. The molecule has 2 aromatic rings. The zero-order valence-electron chi connectivity index (χ0n) is 13.4. The van der Waals surface area contributed by atoms with Crippen LogP contribution in [-0.2, 0) is 17.6 Å². The monoisotopic (exact) mass is 284 g/mol. The second-order valence-corrected chi connectivity index (χ2v) is 6.83. The Kier molecular flexibility index (Phi) is 4.61. The van der Waals surface area contributed by atoms with Crippen molar-refractivity contribution < 1.29 is 4.79 Å². The Hall–Kier alpha value is -1.90. The third kappa shape index (κ3) is 4.55. The number of allylic oxidation sites excluding steroid dienone is 2. The third-order valence-electron chi connectivity index (χ3n) is 3.53. The summed E-state index contributed by atoms with van der Waals surface area (Å²) >= 11 is 0. The van der Waals surface area contributed by atoms with Crippen LogP contribution in [0.3, 0.4) is 0 Å². The second-order valence-electron chi connectivity index (χ2n) is 6.83. The Bertz CT molecular complexity index is 659. The van der Waals surface area contributed by atoms with Crippen molar-refractivity contribution in [1.29, 1.82) is 0 Å². The topological polar surface area (TPSA) is 45.8 Å². The van der Waals surface area contributed by atoms with E-state index in [0.717, 1.165) is 30.3 Å². The molecule has 3 nitrogen and oxygen atoms in total. The quantitative estimate of drug-likeness (QED) is 0.835. The molecule has 0 atom stereocenters. The molecule has 0 unspecified atom stereocenters. The van der Waals surface area contributed by atoms with Gasteiger partial charge in [0.15, 0.2) is 5.78 Å². The summed E-state index contributed by atoms with van der Waals surface area (Å²) in [7, 11) is 0. The van der Waals surface area contributed by atoms with Crippen LogP contribution in [0.1, 0.15) is 45.2 Å². The maximum absolute atomic E-state index is 11.0. The fraction of sp³-hybridized carbons (Fsp3) is 0.444. The number of ketones is 1. The van der Waals surface area contributed by atoms with E-state index in [4.69, 9.17) is 0 Å². The molecule has 0 bridgehead atoms. The van der Waals surface area contributed by atoms with Gasteiger partial charge in [0.25, 0.3) is 0 Å². The zero-order valence-corrected chi connectivity index (χ0v) is 13.4. The minimum atomic E-state index is 0.0823. The number of H-pyrrole nitrogens is 1. The summed E-state index contributed by atoms with van der Waals surface area (Å²) in [6.07, 6.45) is 10.4. The Labute approximate surface area is 126 Å². The summed E-state index contributed by atoms with van der Waals surface area (Å²) in [5.41, 5.74) is 3.71. The standard InChI is InChI=1S/C18H24N2O/c1-13(21)6-5-7-15-12-20-17-16(15)10-14(11-19-17)8-9-18(2,3)4/h5-6,10-12H,7-9H2,1-4H3,(H,19,20)/b6-5+. The molecule has 0 saturated heterocycles. The fourth-order valence-corrected chi connectivity index (χ4v) is 2.28. The smallest absolute Gasteiger partial charge is 0.152 e. The lowest BCUT2D eigenvalue weighted by atomic mass is 9.89. The number of aromatic amines is 1. The summed E-state index contributed by atoms with van der Waals surface area (Å²) in [5, 5.41) is 1.16. The number of aryl methyl sites for hydroxylation is 1. The maximum Gasteiger partial charge on any atom is 0.152 e. The number of carbonyl (C=O) groups is 1. The Morgan fingerprint density at radius 1 is 1.38 bits per heavy atom. The Balaban J connectivity index is 2.18. The van der Waals surface area contributed by atoms with Crippen molar-refractivity contribution in [1.82, 2.24) is 9.97 Å². The molecule has 0 aliphatic heterocycles. The minimum Gasteiger partial charge on any atom is -0.346 e. The van der Waals surface area contributed by atoms with Gasteiger partial charge in [-0.05, 0) is 54.9 Å². The minimum absolute atomic E-state index is 0.0823. The number of carbonyl (C=O) groups excluding carboxylic acids is 1. The van der Waals surface area contributed by atoms with Crippen molar-refractivity contribution in [3.63, 3.8) is 0 Å². The first-order valence-corrected chi connectivity index (χ1v) is 7.47. The number of hydrogen-bond donors (Lipinski definition) is 1. The van der Waals surface area contributed by atoms with Crippen LogP contribution in [0, 0.1) is 5.41 Å². The average Bonchev–Trinajstić information content (AvgIpc) is 2.78. The van der Waals surface area contributed by atoms with Gasteiger partial charge in [0.05, 0.1) is 0 Å². The van der Waals surface area contributed by atoms with Crippen molar-refractivity contribution in [2.45, 2.75) is 47.0 Å². The van der Waals surface area contributed by atoms with Crippen LogP contribution in [0.2, 0.25) is 0 Å². The highest BCUT2D eigenvalue weighted by Gasteiger charge is 2.11. The van der Waals surface area contributed by atoms with Crippen LogP contribution >= 0.6 is 0 Å². The van der Waals surface area contributed by atoms with Gasteiger partial charge in [-0.15, -0.1) is 0 Å². The van der Waals surface area contributed by atoms with E-state index in [1.807, 2.05) is 18.5 Å². The highest BCUT2D eigenvalue weighted by atomic mass is 16.1. The first-order valence-electron chi connectivity index (χ1n) is 7.47. The maximum atomic E-state index is 11.0. The molecule has 1 N–H and O–H groups in total. The van der Waals surface area contributed by atoms with Crippen molar-refractivity contribution in [2.24, 2.45) is 5.41 Å². The normalized spacial score (nSPS) is 12.4. The van der Waals surface area contributed by atoms with Gasteiger partial charge in [0.2, 0.25) is 0 Å². The summed E-state index contributed by atoms with van der Waals surface area (Å²) < 4.78 is 0. The van der Waals surface area contributed by atoms with Crippen LogP contribution in [0.5, 0.6) is 0 Å². The molecule has 0 aromatic carbocycles. The van der Waals surface area contributed by atoms with E-state index < -0.39 is 0 Å². The summed E-state index contributed by atoms with van der Waals surface area (Å²) in [6, 6.07) is 2.22. The van der Waals surface area contributed by atoms with Crippen molar-refractivity contribution in [3.05, 3.63) is 41.7 Å². The van der Waals surface area contributed by atoms with E-state index in [1.54, 1.807) is 13.0 Å². The van der Waals surface area contributed by atoms with Crippen LogP contribution in [-0.4, -0.2) is 15.8 Å². The van der Waals surface area contributed by atoms with Crippen LogP contribution < -0.4 is 0 Å². The number of nitrogens with zero attached hydrogens (tertiary/aromatic N) is 1. The molecular weight excluding hydrogens is 260 g/mol. The number of hydrogen-bond acceptors (Lipinski definition) is 2. The fourth-order valence-electron chi connectivity index (χ4n) is 2.28. The van der Waals surface area contributed by atoms with Crippen LogP contribution in [0.4, 0.5) is 0 Å². The lowest BCUT2D eigenvalue weighted by Crippen LogP contribution is -2.06. The molecule has 0 fully saturated rings. The molecule has 21 heavy (non-hydrogen) atoms. The second kappa shape index (κ2) is 6.25. The van der Waals surface area contributed by atoms with Gasteiger partial charge in [0.1, 0.15) is 5.65 Å². The molecular formula is C18H24N2O. The van der Waals surface area contributed by atoms with Crippen molar-refractivity contribution >= 4 is 16.8 Å². The number of pyridine rings is 1. The van der Waals surface area contributed by atoms with Gasteiger partial charge in [0, 0.05) is 17.8 Å². The van der Waals surface area contributed by atoms with E-state index in [9.17, 15) is 4.79 Å². The average molecular weight is 284 g/mol. The van der Waals surface area contributed by atoms with Crippen LogP contribution in [0.15, 0.2) is 30.6 Å². The first kappa shape index (κ1) is 15.5. The highest BCUT2D eigenvalue weighted by molar-refractivity contribution is 5.87. The van der Waals surface area contributed by atoms with Crippen LogP contribution in [0.25, 0.3) is 11.0 Å². The molecule has 2 aromatic heterocycles. The number of nitrogens with one attached hydrogen (secondary N) is 1. The molecule has 112 valence electrons. The predicted octanol–water partition coefficient (Wildman–Crippen LogP) is 4.23. The number of rotatable bonds is 5. The van der Waals surface area contributed by atoms with E-state index >= 15 is 0 Å². The number of aromatic nitrogens is 2. The molecule has 3 heteroatoms. The van der Waals surface area contributed by atoms with E-state index in [0.29, 0.717) is 5.41 Å². The SMILES string of the molecule is CC(=O)/C=C/Cc1c[nH]c2ncc(CCC(C)(C)C)cc12. The largest absolute Gasteiger partial charge is 0.346 e. The molecule has 0 aliphatic rings. The van der Waals surface area contributed by atoms with Gasteiger partial charge < -0.3 is 4.98 Å². The third-order valence-corrected chi connectivity index (χ3v) is 3.53. The highest BCUT2D eigenvalue weighted by Crippen LogP contribution is 2.24. The number of fused-ring (bicyclic) bond motifs is 1. The lowest BCUT2D eigenvalue weighted by Gasteiger charge is -2.17. The van der Waals surface area contributed by atoms with E-state index in [-0.39, 0.29) is 5.78 Å². The Morgan fingerprint density at radius 3 is 2.81 bits per heavy atom. The van der Waals surface area contributed by atoms with Gasteiger partial charge >= 0.3 is 0 Å². The summed E-state index contributed by atoms with van der Waals surface area (Å²) in [5.74, 6) is 0.0823. The van der Waals surface area contributed by atoms with E-state index in [1.165, 1.54) is 11.1 Å². The van der Waals surface area contributed by atoms with Gasteiger partial charge in [-0.25, -0.2) is 4.98 Å². The van der Waals surface area contributed by atoms with Gasteiger partial charge in [-0.3, -0.25) is 4.79 Å². The van der Waals surface area contributed by atoms with E-state index in [2.05, 4.69) is 36.8 Å². The molecule has 2 rings (SSSR count). The molecule has 0 amide bonds. The molecule has 0 saturated carbocycles. The molecule has 0 spiro atoms. The molecule has 0 aliphatic carbocycles.